The molecule has 5 rings (SSSR count). The van der Waals surface area contributed by atoms with Crippen molar-refractivity contribution >= 4 is 13.6 Å². The second-order valence-electron chi connectivity index (χ2n) is 10.8. The van der Waals surface area contributed by atoms with Gasteiger partial charge in [-0.2, -0.15) is 0 Å². The van der Waals surface area contributed by atoms with E-state index in [9.17, 15) is 38.8 Å². The zero-order chi connectivity index (χ0) is 34.0. The van der Waals surface area contributed by atoms with Gasteiger partial charge in [0.05, 0.1) is 31.4 Å². The van der Waals surface area contributed by atoms with Crippen LogP contribution < -0.4 is 22.5 Å². The largest absolute Gasteiger partial charge is 0.472 e. The van der Waals surface area contributed by atoms with Crippen LogP contribution in [0.5, 0.6) is 0 Å². The van der Waals surface area contributed by atoms with Gasteiger partial charge >= 0.3 is 25.0 Å². The molecule has 21 nitrogen and oxygen atoms in total. The molecule has 3 aromatic heterocycles. The monoisotopic (exact) mass is 685 g/mol. The van der Waals surface area contributed by atoms with Crippen LogP contribution in [0, 0.1) is 17.0 Å². The molecule has 2 fully saturated rings. The Labute approximate surface area is 263 Å². The molecule has 1 unspecified atom stereocenters. The number of ether oxygens (including phenoxy) is 4. The minimum absolute atomic E-state index is 0.0505. The number of aryl methyl sites for hydroxylation is 1. The minimum Gasteiger partial charge on any atom is -0.382 e. The minimum atomic E-state index is -4.79. The molecule has 5 heterocycles. The van der Waals surface area contributed by atoms with Crippen LogP contribution in [0.1, 0.15) is 36.4 Å². The molecule has 0 aliphatic carbocycles. The topological polar surface area (TPSA) is 263 Å². The molecule has 2 saturated heterocycles. The molecule has 3 N–H and O–H groups in total. The fourth-order valence-corrected chi connectivity index (χ4v) is 6.27. The summed E-state index contributed by atoms with van der Waals surface area (Å²) in [6, 6.07) is 0. The van der Waals surface area contributed by atoms with Crippen molar-refractivity contribution in [3.63, 3.8) is 0 Å². The number of hydrogen-bond donors (Lipinski definition) is 3. The van der Waals surface area contributed by atoms with Crippen molar-refractivity contribution < 1.29 is 42.4 Å². The Kier molecular flexibility index (Phi) is 10.2. The lowest BCUT2D eigenvalue weighted by Crippen LogP contribution is -2.34. The van der Waals surface area contributed by atoms with Gasteiger partial charge in [-0.1, -0.05) is 0 Å². The molecular formula is C25H32N7O14P. The lowest BCUT2D eigenvalue weighted by Gasteiger charge is -2.23. The summed E-state index contributed by atoms with van der Waals surface area (Å²) < 4.78 is 49.6. The fraction of sp³-hybridized carbons (Fsp3) is 0.560. The van der Waals surface area contributed by atoms with Crippen LogP contribution >= 0.6 is 7.82 Å². The van der Waals surface area contributed by atoms with Crippen molar-refractivity contribution in [2.45, 2.75) is 63.2 Å². The lowest BCUT2D eigenvalue weighted by molar-refractivity contribution is -0.389. The third kappa shape index (κ3) is 7.74. The van der Waals surface area contributed by atoms with E-state index in [1.807, 2.05) is 0 Å². The second kappa shape index (κ2) is 14.0. The first kappa shape index (κ1) is 34.3. The summed E-state index contributed by atoms with van der Waals surface area (Å²) in [5, 5.41) is 10.9. The van der Waals surface area contributed by atoms with Gasteiger partial charge in [-0.05, 0) is 16.8 Å². The summed E-state index contributed by atoms with van der Waals surface area (Å²) in [4.78, 5) is 78.1. The third-order valence-corrected chi connectivity index (χ3v) is 8.65. The van der Waals surface area contributed by atoms with Crippen LogP contribution in [0.3, 0.4) is 0 Å². The summed E-state index contributed by atoms with van der Waals surface area (Å²) in [6.07, 6.45) is -0.639. The van der Waals surface area contributed by atoms with Gasteiger partial charge in [0.25, 0.3) is 11.1 Å². The summed E-state index contributed by atoms with van der Waals surface area (Å²) in [6.45, 7) is 0.815. The highest BCUT2D eigenvalue weighted by molar-refractivity contribution is 7.47. The number of rotatable bonds is 13. The highest BCUT2D eigenvalue weighted by Gasteiger charge is 2.44. The van der Waals surface area contributed by atoms with Crippen molar-refractivity contribution in [2.75, 3.05) is 27.4 Å². The van der Waals surface area contributed by atoms with Crippen LogP contribution in [-0.2, 0) is 39.1 Å². The Hall–Kier alpha value is -4.08. The number of nitro groups is 1. The predicted molar refractivity (Wildman–Crippen MR) is 156 cm³/mol. The van der Waals surface area contributed by atoms with Crippen LogP contribution in [-0.4, -0.2) is 90.3 Å². The highest BCUT2D eigenvalue weighted by atomic mass is 31.2. The summed E-state index contributed by atoms with van der Waals surface area (Å²) in [5.74, 6) is -0.418. The first-order chi connectivity index (χ1) is 22.3. The first-order valence-corrected chi connectivity index (χ1v) is 15.6. The molecule has 0 aromatic carbocycles. The van der Waals surface area contributed by atoms with E-state index in [4.69, 9.17) is 28.0 Å². The standard InChI is InChI=1S/C25H32N7O14P/c1-13-6-30(24(35)27-22(13)33)21-5-16(17(44-21)10-41-2)46-47(39,40)43-11-18-15(42-3)4-20(45-18)31-8-14(23(34)28-25(31)36)7-29-9-19(26-12-29)32(37)38/h6,8-9,12,15-18,20-21H,4-5,7,10-11H2,1-3H3,(H,39,40)(H,27,33,35)(H,28,34,36)/t15-,16-,17-,18-,20-,21-/m1/s1. The molecule has 22 heteroatoms. The molecule has 2 aliphatic heterocycles. The molecule has 0 bridgehead atoms. The van der Waals surface area contributed by atoms with E-state index in [0.717, 1.165) is 15.3 Å². The molecule has 3 aromatic rings. The summed E-state index contributed by atoms with van der Waals surface area (Å²) in [7, 11) is -2.03. The Morgan fingerprint density at radius 1 is 1.00 bits per heavy atom. The van der Waals surface area contributed by atoms with Crippen LogP contribution in [0.25, 0.3) is 0 Å². The molecule has 0 spiro atoms. The maximum Gasteiger partial charge on any atom is 0.472 e. The molecule has 0 saturated carbocycles. The number of imidazole rings is 1. The van der Waals surface area contributed by atoms with E-state index in [0.29, 0.717) is 0 Å². The number of nitrogens with one attached hydrogen (secondary N) is 2. The number of phosphoric ester groups is 1. The van der Waals surface area contributed by atoms with Gasteiger partial charge in [0.1, 0.15) is 37.0 Å². The van der Waals surface area contributed by atoms with Crippen molar-refractivity contribution in [3.8, 4) is 0 Å². The van der Waals surface area contributed by atoms with E-state index in [2.05, 4.69) is 15.0 Å². The van der Waals surface area contributed by atoms with Crippen molar-refractivity contribution in [1.29, 1.82) is 0 Å². The Bertz CT molecular complexity index is 1900. The predicted octanol–water partition coefficient (Wildman–Crippen LogP) is -0.713. The van der Waals surface area contributed by atoms with Gasteiger partial charge in [-0.15, -0.1) is 0 Å². The third-order valence-electron chi connectivity index (χ3n) is 7.63. The smallest absolute Gasteiger partial charge is 0.382 e. The SMILES string of the molecule is COC[C@H]1O[C@@H](n2cc(C)c(=O)[nH]c2=O)C[C@H]1OP(=O)(O)OC[C@H]1O[C@@H](n2cc(Cn3cnc([N+](=O)[O-])c3)c(=O)[nH]c2=O)C[C@H]1OC. The number of nitrogens with zero attached hydrogens (tertiary/aromatic N) is 5. The maximum atomic E-state index is 13.0. The molecular weight excluding hydrogens is 653 g/mol. The molecule has 7 atom stereocenters. The first-order valence-electron chi connectivity index (χ1n) is 14.1. The van der Waals surface area contributed by atoms with Crippen LogP contribution in [0.15, 0.2) is 44.1 Å². The van der Waals surface area contributed by atoms with Gasteiger partial charge in [-0.3, -0.25) is 37.7 Å². The molecule has 2 aliphatic rings. The second-order valence-corrected chi connectivity index (χ2v) is 12.2. The maximum absolute atomic E-state index is 13.0. The number of aromatic nitrogens is 6. The van der Waals surface area contributed by atoms with E-state index in [1.54, 1.807) is 0 Å². The number of H-pyrrole nitrogens is 2. The summed E-state index contributed by atoms with van der Waals surface area (Å²) in [5.41, 5.74) is -2.48. The molecule has 47 heavy (non-hydrogen) atoms. The van der Waals surface area contributed by atoms with Gasteiger partial charge in [-0.25, -0.2) is 14.2 Å². The van der Waals surface area contributed by atoms with Gasteiger partial charge in [0.15, 0.2) is 0 Å². The zero-order valence-corrected chi connectivity index (χ0v) is 26.1. The highest BCUT2D eigenvalue weighted by Crippen LogP contribution is 2.49. The van der Waals surface area contributed by atoms with Crippen molar-refractivity contribution in [2.24, 2.45) is 0 Å². The number of methoxy groups -OCH3 is 2. The Morgan fingerprint density at radius 3 is 2.23 bits per heavy atom. The Morgan fingerprint density at radius 2 is 1.62 bits per heavy atom. The molecule has 0 radical (unpaired) electrons. The van der Waals surface area contributed by atoms with E-state index < -0.39 is 84.5 Å². The lowest BCUT2D eigenvalue weighted by atomic mass is 10.2. The quantitative estimate of drug-likeness (QED) is 0.114. The van der Waals surface area contributed by atoms with Crippen molar-refractivity contribution in [3.05, 3.63) is 87.8 Å². The number of hydrogen-bond acceptors (Lipinski definition) is 14. The number of phosphoric acid groups is 1. The van der Waals surface area contributed by atoms with Crippen LogP contribution in [0.2, 0.25) is 0 Å². The van der Waals surface area contributed by atoms with Crippen LogP contribution in [0.4, 0.5) is 5.82 Å². The van der Waals surface area contributed by atoms with Gasteiger partial charge < -0.3 is 38.5 Å². The van der Waals surface area contributed by atoms with Gasteiger partial charge in [0.2, 0.25) is 6.33 Å². The zero-order valence-electron chi connectivity index (χ0n) is 25.2. The Balaban J connectivity index is 1.25. The summed E-state index contributed by atoms with van der Waals surface area (Å²) >= 11 is 0. The van der Waals surface area contributed by atoms with E-state index >= 15 is 0 Å². The van der Waals surface area contributed by atoms with Gasteiger partial charge in [0, 0.05) is 45.0 Å². The van der Waals surface area contributed by atoms with Crippen molar-refractivity contribution in [1.82, 2.24) is 28.7 Å². The number of aromatic amines is 2. The normalized spacial score (nSPS) is 25.6. The molecule has 0 amide bonds. The fourth-order valence-electron chi connectivity index (χ4n) is 5.31. The van der Waals surface area contributed by atoms with E-state index in [-0.39, 0.29) is 37.1 Å². The average Bonchev–Trinajstić information content (AvgIpc) is 3.74. The van der Waals surface area contributed by atoms with E-state index in [1.165, 1.54) is 44.4 Å². The molecule has 256 valence electrons. The average molecular weight is 686 g/mol.